The summed E-state index contributed by atoms with van der Waals surface area (Å²) in [5, 5.41) is 12.4. The Hall–Kier alpha value is -3.31. The highest BCUT2D eigenvalue weighted by Crippen LogP contribution is 2.28. The van der Waals surface area contributed by atoms with Crippen molar-refractivity contribution in [3.8, 4) is 17.6 Å². The number of benzene rings is 2. The third-order valence-corrected chi connectivity index (χ3v) is 5.43. The molecule has 0 radical (unpaired) electrons. The minimum absolute atomic E-state index is 0.190. The second kappa shape index (κ2) is 11.3. The molecule has 1 aliphatic rings. The molecule has 0 saturated carbocycles. The number of aliphatic imine (C=N–C) groups is 1. The Bertz CT molecular complexity index is 981. The molecule has 0 aromatic heterocycles. The van der Waals surface area contributed by atoms with Crippen LogP contribution in [0.5, 0.6) is 11.5 Å². The zero-order valence-electron chi connectivity index (χ0n) is 18.9. The van der Waals surface area contributed by atoms with Crippen molar-refractivity contribution in [1.82, 2.24) is 15.1 Å². The first kappa shape index (κ1) is 23.4. The van der Waals surface area contributed by atoms with Gasteiger partial charge in [0.1, 0.15) is 5.82 Å². The normalized spacial score (nSPS) is 14.7. The molecule has 1 saturated heterocycles. The van der Waals surface area contributed by atoms with Gasteiger partial charge in [0.2, 0.25) is 0 Å². The van der Waals surface area contributed by atoms with Gasteiger partial charge < -0.3 is 19.7 Å². The van der Waals surface area contributed by atoms with Crippen LogP contribution < -0.4 is 14.8 Å². The Morgan fingerprint density at radius 1 is 1.09 bits per heavy atom. The number of nitrogens with one attached hydrogen (secondary N) is 1. The van der Waals surface area contributed by atoms with Gasteiger partial charge in [-0.3, -0.25) is 4.90 Å². The van der Waals surface area contributed by atoms with Gasteiger partial charge in [-0.2, -0.15) is 5.26 Å². The molecule has 1 heterocycles. The summed E-state index contributed by atoms with van der Waals surface area (Å²) in [4.78, 5) is 9.21. The lowest BCUT2D eigenvalue weighted by atomic mass is 10.1. The Balaban J connectivity index is 1.61. The standard InChI is InChI=1S/C24H30FN5O2/c1-4-27-24(28-16-20-13-18(15-26)5-7-21(20)25)30-11-9-29(10-12-30)17-19-6-8-22(31-2)23(14-19)32-3/h5-8,13-14H,4,9-12,16-17H2,1-3H3,(H,27,28). The lowest BCUT2D eigenvalue weighted by Gasteiger charge is -2.36. The van der Waals surface area contributed by atoms with E-state index in [0.717, 1.165) is 56.7 Å². The van der Waals surface area contributed by atoms with Crippen LogP contribution in [-0.2, 0) is 13.1 Å². The maximum absolute atomic E-state index is 14.1. The van der Waals surface area contributed by atoms with E-state index in [1.165, 1.54) is 17.7 Å². The molecule has 3 rings (SSSR count). The number of nitrogens with zero attached hydrogens (tertiary/aromatic N) is 4. The molecule has 7 nitrogen and oxygen atoms in total. The summed E-state index contributed by atoms with van der Waals surface area (Å²) < 4.78 is 24.8. The number of methoxy groups -OCH3 is 2. The van der Waals surface area contributed by atoms with Crippen LogP contribution in [0.3, 0.4) is 0 Å². The Morgan fingerprint density at radius 2 is 1.84 bits per heavy atom. The molecule has 0 atom stereocenters. The fourth-order valence-corrected chi connectivity index (χ4v) is 3.71. The molecule has 2 aromatic rings. The SMILES string of the molecule is CCNC(=NCc1cc(C#N)ccc1F)N1CCN(Cc2ccc(OC)c(OC)c2)CC1. The predicted molar refractivity (Wildman–Crippen MR) is 122 cm³/mol. The van der Waals surface area contributed by atoms with E-state index < -0.39 is 0 Å². The highest BCUT2D eigenvalue weighted by molar-refractivity contribution is 5.80. The number of hydrogen-bond donors (Lipinski definition) is 1. The van der Waals surface area contributed by atoms with Gasteiger partial charge in [-0.25, -0.2) is 9.38 Å². The molecule has 0 aliphatic carbocycles. The fraction of sp³-hybridized carbons (Fsp3) is 0.417. The summed E-state index contributed by atoms with van der Waals surface area (Å²) in [6.07, 6.45) is 0. The summed E-state index contributed by atoms with van der Waals surface area (Å²) >= 11 is 0. The maximum atomic E-state index is 14.1. The van der Waals surface area contributed by atoms with E-state index in [4.69, 9.17) is 14.7 Å². The molecule has 0 spiro atoms. The molecule has 1 aliphatic heterocycles. The summed E-state index contributed by atoms with van der Waals surface area (Å²) in [6, 6.07) is 12.4. The van der Waals surface area contributed by atoms with Crippen LogP contribution in [0.1, 0.15) is 23.6 Å². The number of halogens is 1. The molecular weight excluding hydrogens is 409 g/mol. The van der Waals surface area contributed by atoms with Crippen molar-refractivity contribution in [3.63, 3.8) is 0 Å². The highest BCUT2D eigenvalue weighted by Gasteiger charge is 2.20. The van der Waals surface area contributed by atoms with Gasteiger partial charge in [-0.15, -0.1) is 0 Å². The van der Waals surface area contributed by atoms with Crippen LogP contribution in [0.2, 0.25) is 0 Å². The van der Waals surface area contributed by atoms with E-state index in [2.05, 4.69) is 26.2 Å². The largest absolute Gasteiger partial charge is 0.493 e. The van der Waals surface area contributed by atoms with Gasteiger partial charge in [-0.05, 0) is 42.8 Å². The third-order valence-electron chi connectivity index (χ3n) is 5.43. The number of piperazine rings is 1. The smallest absolute Gasteiger partial charge is 0.194 e. The highest BCUT2D eigenvalue weighted by atomic mass is 19.1. The fourth-order valence-electron chi connectivity index (χ4n) is 3.71. The number of nitriles is 1. The Labute approximate surface area is 189 Å². The average Bonchev–Trinajstić information content (AvgIpc) is 2.83. The van der Waals surface area contributed by atoms with Gasteiger partial charge in [0.15, 0.2) is 17.5 Å². The molecule has 1 fully saturated rings. The molecule has 2 aromatic carbocycles. The van der Waals surface area contributed by atoms with Crippen molar-refractivity contribution in [2.24, 2.45) is 4.99 Å². The lowest BCUT2D eigenvalue weighted by Crippen LogP contribution is -2.52. The van der Waals surface area contributed by atoms with Crippen LogP contribution >= 0.6 is 0 Å². The number of guanidine groups is 1. The number of ether oxygens (including phenoxy) is 2. The van der Waals surface area contributed by atoms with Gasteiger partial charge in [0.25, 0.3) is 0 Å². The zero-order valence-corrected chi connectivity index (χ0v) is 18.9. The van der Waals surface area contributed by atoms with Crippen molar-refractivity contribution in [1.29, 1.82) is 5.26 Å². The summed E-state index contributed by atoms with van der Waals surface area (Å²) in [5.41, 5.74) is 2.03. The quantitative estimate of drug-likeness (QED) is 0.528. The topological polar surface area (TPSA) is 73.1 Å². The van der Waals surface area contributed by atoms with Crippen molar-refractivity contribution in [3.05, 3.63) is 58.9 Å². The predicted octanol–water partition coefficient (Wildman–Crippen LogP) is 3.00. The van der Waals surface area contributed by atoms with E-state index >= 15 is 0 Å². The van der Waals surface area contributed by atoms with Gasteiger partial charge in [0.05, 0.1) is 32.4 Å². The summed E-state index contributed by atoms with van der Waals surface area (Å²) in [7, 11) is 3.28. The van der Waals surface area contributed by atoms with Crippen LogP contribution in [0.25, 0.3) is 0 Å². The van der Waals surface area contributed by atoms with E-state index in [9.17, 15) is 4.39 Å². The first-order valence-electron chi connectivity index (χ1n) is 10.7. The maximum Gasteiger partial charge on any atom is 0.194 e. The van der Waals surface area contributed by atoms with Crippen LogP contribution in [0.4, 0.5) is 4.39 Å². The number of rotatable bonds is 7. The molecule has 0 bridgehead atoms. The Morgan fingerprint density at radius 3 is 2.50 bits per heavy atom. The first-order valence-corrected chi connectivity index (χ1v) is 10.7. The second-order valence-electron chi connectivity index (χ2n) is 7.54. The lowest BCUT2D eigenvalue weighted by molar-refractivity contribution is 0.172. The van der Waals surface area contributed by atoms with Crippen molar-refractivity contribution < 1.29 is 13.9 Å². The molecule has 32 heavy (non-hydrogen) atoms. The zero-order chi connectivity index (χ0) is 22.9. The molecule has 1 N–H and O–H groups in total. The number of hydrogen-bond acceptors (Lipinski definition) is 5. The van der Waals surface area contributed by atoms with E-state index in [0.29, 0.717) is 11.1 Å². The monoisotopic (exact) mass is 439 g/mol. The van der Waals surface area contributed by atoms with E-state index in [1.54, 1.807) is 20.3 Å². The summed E-state index contributed by atoms with van der Waals surface area (Å²) in [6.45, 7) is 7.17. The van der Waals surface area contributed by atoms with Crippen molar-refractivity contribution in [2.45, 2.75) is 20.0 Å². The first-order chi connectivity index (χ1) is 15.6. The van der Waals surface area contributed by atoms with E-state index in [1.807, 2.05) is 25.1 Å². The minimum Gasteiger partial charge on any atom is -0.493 e. The second-order valence-corrected chi connectivity index (χ2v) is 7.54. The molecule has 170 valence electrons. The molecular formula is C24H30FN5O2. The van der Waals surface area contributed by atoms with Crippen LogP contribution in [0, 0.1) is 17.1 Å². The molecule has 0 unspecified atom stereocenters. The third kappa shape index (κ3) is 5.89. The van der Waals surface area contributed by atoms with Gasteiger partial charge in [0, 0.05) is 44.8 Å². The van der Waals surface area contributed by atoms with Crippen LogP contribution in [-0.4, -0.2) is 62.7 Å². The van der Waals surface area contributed by atoms with Gasteiger partial charge in [-0.1, -0.05) is 6.07 Å². The van der Waals surface area contributed by atoms with E-state index in [-0.39, 0.29) is 12.4 Å². The Kier molecular flexibility index (Phi) is 8.28. The van der Waals surface area contributed by atoms with Gasteiger partial charge >= 0.3 is 0 Å². The van der Waals surface area contributed by atoms with Crippen molar-refractivity contribution >= 4 is 5.96 Å². The van der Waals surface area contributed by atoms with Crippen LogP contribution in [0.15, 0.2) is 41.4 Å². The average molecular weight is 440 g/mol. The molecule has 8 heteroatoms. The van der Waals surface area contributed by atoms with Crippen molar-refractivity contribution in [2.75, 3.05) is 46.9 Å². The molecule has 0 amide bonds. The summed E-state index contributed by atoms with van der Waals surface area (Å²) in [5.74, 6) is 1.88. The minimum atomic E-state index is -0.344.